The molecule has 0 aliphatic carbocycles. The van der Waals surface area contributed by atoms with E-state index in [0.29, 0.717) is 19.0 Å². The Bertz CT molecular complexity index is 514. The molecule has 0 unspecified atom stereocenters. The third-order valence-electron chi connectivity index (χ3n) is 2.94. The van der Waals surface area contributed by atoms with E-state index >= 15 is 0 Å². The van der Waals surface area contributed by atoms with Crippen LogP contribution in [0.1, 0.15) is 19.8 Å². The second kappa shape index (κ2) is 5.38. The van der Waals surface area contributed by atoms with Crippen molar-refractivity contribution in [2.75, 3.05) is 17.8 Å². The van der Waals surface area contributed by atoms with Gasteiger partial charge in [-0.25, -0.2) is 4.98 Å². The van der Waals surface area contributed by atoms with Crippen molar-refractivity contribution in [1.82, 2.24) is 14.3 Å². The number of nitrogens with zero attached hydrogens (tertiary/aromatic N) is 3. The van der Waals surface area contributed by atoms with Crippen LogP contribution in [0, 0.1) is 5.92 Å². The van der Waals surface area contributed by atoms with Gasteiger partial charge in [-0.1, -0.05) is 6.92 Å². The molecule has 0 saturated carbocycles. The van der Waals surface area contributed by atoms with Crippen LogP contribution in [0.4, 0.5) is 5.82 Å². The highest BCUT2D eigenvalue weighted by molar-refractivity contribution is 7.90. The van der Waals surface area contributed by atoms with Crippen molar-refractivity contribution in [1.29, 1.82) is 0 Å². The molecule has 1 N–H and O–H groups in total. The Kier molecular flexibility index (Phi) is 4.04. The van der Waals surface area contributed by atoms with Gasteiger partial charge in [-0.05, 0) is 36.4 Å². The Morgan fingerprint density at radius 1 is 1.44 bits per heavy atom. The number of hydrogen-bond donors (Lipinski definition) is 1. The van der Waals surface area contributed by atoms with Gasteiger partial charge >= 0.3 is 10.2 Å². The fourth-order valence-corrected chi connectivity index (χ4v) is 3.16. The van der Waals surface area contributed by atoms with Crippen molar-refractivity contribution < 1.29 is 8.42 Å². The fraction of sp³-hybridized carbons (Fsp3) is 0.600. The van der Waals surface area contributed by atoms with E-state index in [-0.39, 0.29) is 11.1 Å². The van der Waals surface area contributed by atoms with Crippen molar-refractivity contribution in [3.63, 3.8) is 0 Å². The molecule has 1 saturated heterocycles. The van der Waals surface area contributed by atoms with Gasteiger partial charge < -0.3 is 0 Å². The zero-order chi connectivity index (χ0) is 13.2. The quantitative estimate of drug-likeness (QED) is 0.857. The molecule has 0 radical (unpaired) electrons. The SMILES string of the molecule is CC1CCN(S(=O)(=O)Nc2ccnc(Cl)n2)CC1. The minimum atomic E-state index is -3.54. The van der Waals surface area contributed by atoms with Crippen LogP contribution in [-0.2, 0) is 10.2 Å². The Morgan fingerprint density at radius 2 is 2.11 bits per heavy atom. The molecule has 1 fully saturated rings. The van der Waals surface area contributed by atoms with Crippen molar-refractivity contribution >= 4 is 27.6 Å². The lowest BCUT2D eigenvalue weighted by Crippen LogP contribution is -2.41. The molecular weight excluding hydrogens is 276 g/mol. The highest BCUT2D eigenvalue weighted by Crippen LogP contribution is 2.19. The first-order valence-corrected chi connectivity index (χ1v) is 7.55. The number of hydrogen-bond acceptors (Lipinski definition) is 4. The van der Waals surface area contributed by atoms with Gasteiger partial charge in [0.05, 0.1) is 0 Å². The van der Waals surface area contributed by atoms with Crippen LogP contribution in [0.3, 0.4) is 0 Å². The van der Waals surface area contributed by atoms with Crippen LogP contribution in [0.2, 0.25) is 5.28 Å². The van der Waals surface area contributed by atoms with Crippen LogP contribution in [0.25, 0.3) is 0 Å². The molecule has 1 aliphatic heterocycles. The summed E-state index contributed by atoms with van der Waals surface area (Å²) in [6.45, 7) is 3.20. The maximum Gasteiger partial charge on any atom is 0.302 e. The molecule has 0 atom stereocenters. The Labute approximate surface area is 112 Å². The molecule has 100 valence electrons. The van der Waals surface area contributed by atoms with Gasteiger partial charge in [-0.3, -0.25) is 4.72 Å². The van der Waals surface area contributed by atoms with Crippen LogP contribution in [0.15, 0.2) is 12.3 Å². The highest BCUT2D eigenvalue weighted by atomic mass is 35.5. The zero-order valence-electron chi connectivity index (χ0n) is 10.0. The zero-order valence-corrected chi connectivity index (χ0v) is 11.6. The predicted octanol–water partition coefficient (Wildman–Crippen LogP) is 1.52. The fourth-order valence-electron chi connectivity index (χ4n) is 1.81. The summed E-state index contributed by atoms with van der Waals surface area (Å²) in [6, 6.07) is 1.47. The molecule has 0 bridgehead atoms. The molecule has 2 rings (SSSR count). The number of anilines is 1. The number of nitrogens with one attached hydrogen (secondary N) is 1. The largest absolute Gasteiger partial charge is 0.302 e. The second-order valence-corrected chi connectivity index (χ2v) is 6.41. The van der Waals surface area contributed by atoms with Crippen LogP contribution < -0.4 is 4.72 Å². The lowest BCUT2D eigenvalue weighted by atomic mass is 10.0. The van der Waals surface area contributed by atoms with Crippen LogP contribution in [-0.4, -0.2) is 35.8 Å². The maximum absolute atomic E-state index is 12.1. The monoisotopic (exact) mass is 290 g/mol. The Morgan fingerprint density at radius 3 is 2.72 bits per heavy atom. The van der Waals surface area contributed by atoms with E-state index in [1.807, 2.05) is 0 Å². The number of halogens is 1. The molecular formula is C10H15ClN4O2S. The smallest absolute Gasteiger partial charge is 0.254 e. The summed E-state index contributed by atoms with van der Waals surface area (Å²) < 4.78 is 28.0. The summed E-state index contributed by atoms with van der Waals surface area (Å²) in [6.07, 6.45) is 3.17. The van der Waals surface area contributed by atoms with Gasteiger partial charge in [-0.2, -0.15) is 17.7 Å². The minimum Gasteiger partial charge on any atom is -0.254 e. The topological polar surface area (TPSA) is 75.2 Å². The second-order valence-electron chi connectivity index (χ2n) is 4.40. The van der Waals surface area contributed by atoms with E-state index < -0.39 is 10.2 Å². The molecule has 0 amide bonds. The molecule has 0 spiro atoms. The number of aromatic nitrogens is 2. The molecule has 2 heterocycles. The molecule has 1 aromatic heterocycles. The maximum atomic E-state index is 12.1. The van der Waals surface area contributed by atoms with Gasteiger partial charge in [0.2, 0.25) is 5.28 Å². The number of rotatable bonds is 3. The molecule has 18 heavy (non-hydrogen) atoms. The Balaban J connectivity index is 2.08. The van der Waals surface area contributed by atoms with Crippen molar-refractivity contribution in [2.45, 2.75) is 19.8 Å². The van der Waals surface area contributed by atoms with Crippen molar-refractivity contribution in [2.24, 2.45) is 5.92 Å². The molecule has 8 heteroatoms. The first kappa shape index (κ1) is 13.5. The van der Waals surface area contributed by atoms with E-state index in [1.165, 1.54) is 16.6 Å². The van der Waals surface area contributed by atoms with Gasteiger partial charge in [0.1, 0.15) is 5.82 Å². The average molecular weight is 291 g/mol. The first-order chi connectivity index (χ1) is 8.47. The Hall–Kier alpha value is -0.920. The summed E-state index contributed by atoms with van der Waals surface area (Å²) in [5.41, 5.74) is 0. The molecule has 6 nitrogen and oxygen atoms in total. The van der Waals surface area contributed by atoms with E-state index in [0.717, 1.165) is 12.8 Å². The van der Waals surface area contributed by atoms with Crippen LogP contribution >= 0.6 is 11.6 Å². The highest BCUT2D eigenvalue weighted by Gasteiger charge is 2.26. The normalized spacial score (nSPS) is 18.8. The van der Waals surface area contributed by atoms with Gasteiger partial charge in [-0.15, -0.1) is 0 Å². The summed E-state index contributed by atoms with van der Waals surface area (Å²) in [5, 5.41) is 0.0162. The molecule has 0 aromatic carbocycles. The van der Waals surface area contributed by atoms with Gasteiger partial charge in [0.15, 0.2) is 0 Å². The first-order valence-electron chi connectivity index (χ1n) is 5.74. The predicted molar refractivity (Wildman–Crippen MR) is 69.6 cm³/mol. The van der Waals surface area contributed by atoms with Crippen LogP contribution in [0.5, 0.6) is 0 Å². The average Bonchev–Trinajstić information content (AvgIpc) is 2.29. The van der Waals surface area contributed by atoms with E-state index in [2.05, 4.69) is 21.6 Å². The van der Waals surface area contributed by atoms with Crippen molar-refractivity contribution in [3.8, 4) is 0 Å². The lowest BCUT2D eigenvalue weighted by Gasteiger charge is -2.29. The summed E-state index contributed by atoms with van der Waals surface area (Å²) >= 11 is 5.61. The third kappa shape index (κ3) is 3.30. The van der Waals surface area contributed by atoms with Gasteiger partial charge in [0, 0.05) is 19.3 Å². The summed E-state index contributed by atoms with van der Waals surface area (Å²) in [5.74, 6) is 0.763. The summed E-state index contributed by atoms with van der Waals surface area (Å²) in [7, 11) is -3.54. The standard InChI is InChI=1S/C10H15ClN4O2S/c1-8-3-6-15(7-4-8)18(16,17)14-9-2-5-12-10(11)13-9/h2,5,8H,3-4,6-7H2,1H3,(H,12,13,14). The summed E-state index contributed by atoms with van der Waals surface area (Å²) in [4.78, 5) is 7.50. The molecule has 1 aliphatic rings. The van der Waals surface area contributed by atoms with E-state index in [4.69, 9.17) is 11.6 Å². The van der Waals surface area contributed by atoms with E-state index in [1.54, 1.807) is 0 Å². The minimum absolute atomic E-state index is 0.0162. The van der Waals surface area contributed by atoms with Gasteiger partial charge in [0.25, 0.3) is 0 Å². The third-order valence-corrected chi connectivity index (χ3v) is 4.64. The van der Waals surface area contributed by atoms with E-state index in [9.17, 15) is 8.42 Å². The number of piperidine rings is 1. The van der Waals surface area contributed by atoms with Crippen molar-refractivity contribution in [3.05, 3.63) is 17.5 Å². The molecule has 1 aromatic rings. The lowest BCUT2D eigenvalue weighted by molar-refractivity contribution is 0.289.